The Morgan fingerprint density at radius 3 is 1.41 bits per heavy atom. The van der Waals surface area contributed by atoms with Crippen molar-refractivity contribution in [1.29, 1.82) is 0 Å². The van der Waals surface area contributed by atoms with E-state index in [4.69, 9.17) is 4.74 Å². The molecule has 4 nitrogen and oxygen atoms in total. The van der Waals surface area contributed by atoms with Crippen LogP contribution in [0.25, 0.3) is 0 Å². The molecule has 0 radical (unpaired) electrons. The molecular formula is C33H62O4. The molecule has 1 aliphatic rings. The van der Waals surface area contributed by atoms with Gasteiger partial charge < -0.3 is 9.84 Å². The highest BCUT2D eigenvalue weighted by atomic mass is 16.5. The van der Waals surface area contributed by atoms with E-state index >= 15 is 0 Å². The zero-order chi connectivity index (χ0) is 27.3. The molecule has 0 spiro atoms. The number of carboxylic acids is 1. The van der Waals surface area contributed by atoms with E-state index in [1.807, 2.05) is 0 Å². The Balaban J connectivity index is 2.32. The van der Waals surface area contributed by atoms with E-state index in [1.54, 1.807) is 0 Å². The van der Waals surface area contributed by atoms with Crippen molar-refractivity contribution in [1.82, 2.24) is 0 Å². The fourth-order valence-corrected chi connectivity index (χ4v) is 5.77. The van der Waals surface area contributed by atoms with Crippen LogP contribution in [0.15, 0.2) is 0 Å². The first-order chi connectivity index (χ1) is 17.8. The van der Waals surface area contributed by atoms with E-state index in [9.17, 15) is 14.7 Å². The predicted octanol–water partition coefficient (Wildman–Crippen LogP) is 10.1. The quantitative estimate of drug-likeness (QED) is 0.107. The predicted molar refractivity (Wildman–Crippen MR) is 156 cm³/mol. The largest absolute Gasteiger partial charge is 0.481 e. The third kappa shape index (κ3) is 18.8. The van der Waals surface area contributed by atoms with E-state index < -0.39 is 5.97 Å². The number of carbonyl (C=O) groups is 2. The molecule has 3 atom stereocenters. The first-order valence-electron chi connectivity index (χ1n) is 16.2. The Morgan fingerprint density at radius 1 is 0.622 bits per heavy atom. The van der Waals surface area contributed by atoms with Crippen LogP contribution in [-0.4, -0.2) is 23.1 Å². The number of rotatable bonds is 23. The smallest absolute Gasteiger partial charge is 0.309 e. The van der Waals surface area contributed by atoms with Crippen molar-refractivity contribution in [2.45, 2.75) is 175 Å². The molecule has 0 saturated heterocycles. The monoisotopic (exact) mass is 522 g/mol. The molecule has 218 valence electrons. The van der Waals surface area contributed by atoms with Gasteiger partial charge in [0, 0.05) is 0 Å². The van der Waals surface area contributed by atoms with E-state index in [0.717, 1.165) is 50.4 Å². The van der Waals surface area contributed by atoms with Crippen molar-refractivity contribution in [3.05, 3.63) is 0 Å². The van der Waals surface area contributed by atoms with Gasteiger partial charge in [-0.2, -0.15) is 0 Å². The van der Waals surface area contributed by atoms with Gasteiger partial charge in [0.25, 0.3) is 0 Å². The lowest BCUT2D eigenvalue weighted by Crippen LogP contribution is -2.31. The first-order valence-corrected chi connectivity index (χ1v) is 16.2. The molecule has 0 aromatic rings. The SMILES string of the molecule is CC(C)CCCCCCCCCCC(CCCCCCCCC(C)C)OC(=O)C1CCCC(C(=O)O)C1. The van der Waals surface area contributed by atoms with Gasteiger partial charge >= 0.3 is 11.9 Å². The second-order valence-corrected chi connectivity index (χ2v) is 12.8. The zero-order valence-corrected chi connectivity index (χ0v) is 25.1. The molecule has 1 saturated carbocycles. The van der Waals surface area contributed by atoms with Gasteiger partial charge in [0.05, 0.1) is 11.8 Å². The number of carboxylic acid groups (broad SMARTS) is 1. The Labute approximate surface area is 230 Å². The molecule has 37 heavy (non-hydrogen) atoms. The van der Waals surface area contributed by atoms with Gasteiger partial charge in [0.2, 0.25) is 0 Å². The van der Waals surface area contributed by atoms with Gasteiger partial charge in [-0.1, -0.05) is 124 Å². The van der Waals surface area contributed by atoms with E-state index in [-0.39, 0.29) is 23.9 Å². The van der Waals surface area contributed by atoms with Crippen LogP contribution in [0.1, 0.15) is 169 Å². The average molecular weight is 523 g/mol. The number of ether oxygens (including phenoxy) is 1. The molecule has 0 heterocycles. The van der Waals surface area contributed by atoms with Crippen molar-refractivity contribution in [3.63, 3.8) is 0 Å². The summed E-state index contributed by atoms with van der Waals surface area (Å²) in [4.78, 5) is 24.3. The average Bonchev–Trinajstić information content (AvgIpc) is 2.86. The van der Waals surface area contributed by atoms with Crippen molar-refractivity contribution >= 4 is 11.9 Å². The highest BCUT2D eigenvalue weighted by Crippen LogP contribution is 2.31. The van der Waals surface area contributed by atoms with Gasteiger partial charge in [-0.05, 0) is 56.8 Å². The summed E-state index contributed by atoms with van der Waals surface area (Å²) < 4.78 is 6.05. The van der Waals surface area contributed by atoms with Gasteiger partial charge in [0.1, 0.15) is 6.10 Å². The summed E-state index contributed by atoms with van der Waals surface area (Å²) in [6.45, 7) is 9.21. The van der Waals surface area contributed by atoms with Gasteiger partial charge in [-0.25, -0.2) is 0 Å². The summed E-state index contributed by atoms with van der Waals surface area (Å²) in [6.07, 6.45) is 25.4. The lowest BCUT2D eigenvalue weighted by atomic mass is 9.81. The van der Waals surface area contributed by atoms with Crippen molar-refractivity contribution in [2.24, 2.45) is 23.7 Å². The molecule has 0 aromatic heterocycles. The van der Waals surface area contributed by atoms with E-state index in [0.29, 0.717) is 12.8 Å². The number of aliphatic carboxylic acids is 1. The highest BCUT2D eigenvalue weighted by molar-refractivity contribution is 5.75. The van der Waals surface area contributed by atoms with Crippen LogP contribution in [0.5, 0.6) is 0 Å². The van der Waals surface area contributed by atoms with Crippen LogP contribution in [-0.2, 0) is 14.3 Å². The second kappa shape index (κ2) is 21.8. The number of hydrogen-bond acceptors (Lipinski definition) is 3. The van der Waals surface area contributed by atoms with Crippen LogP contribution < -0.4 is 0 Å². The van der Waals surface area contributed by atoms with Crippen molar-refractivity contribution in [3.8, 4) is 0 Å². The molecule has 1 N–H and O–H groups in total. The van der Waals surface area contributed by atoms with Crippen molar-refractivity contribution < 1.29 is 19.4 Å². The summed E-state index contributed by atoms with van der Waals surface area (Å²) in [6, 6.07) is 0. The van der Waals surface area contributed by atoms with Gasteiger partial charge in [-0.3, -0.25) is 9.59 Å². The maximum absolute atomic E-state index is 12.9. The van der Waals surface area contributed by atoms with E-state index in [1.165, 1.54) is 89.9 Å². The molecule has 1 aliphatic carbocycles. The number of esters is 1. The van der Waals surface area contributed by atoms with Gasteiger partial charge in [-0.15, -0.1) is 0 Å². The molecule has 1 rings (SSSR count). The normalized spacial score (nSPS) is 18.9. The lowest BCUT2D eigenvalue weighted by Gasteiger charge is -2.27. The highest BCUT2D eigenvalue weighted by Gasteiger charge is 2.32. The number of carbonyl (C=O) groups excluding carboxylic acids is 1. The van der Waals surface area contributed by atoms with Crippen LogP contribution in [0.4, 0.5) is 0 Å². The Hall–Kier alpha value is -1.06. The van der Waals surface area contributed by atoms with Crippen LogP contribution >= 0.6 is 0 Å². The minimum atomic E-state index is -0.762. The molecule has 0 aromatic carbocycles. The van der Waals surface area contributed by atoms with Crippen LogP contribution in [0, 0.1) is 23.7 Å². The van der Waals surface area contributed by atoms with Gasteiger partial charge in [0.15, 0.2) is 0 Å². The first kappa shape index (κ1) is 34.0. The van der Waals surface area contributed by atoms with E-state index in [2.05, 4.69) is 27.7 Å². The summed E-state index contributed by atoms with van der Waals surface area (Å²) in [7, 11) is 0. The third-order valence-electron chi connectivity index (χ3n) is 8.25. The maximum Gasteiger partial charge on any atom is 0.309 e. The Bertz CT molecular complexity index is 571. The minimum absolute atomic E-state index is 0.00896. The molecule has 4 heteroatoms. The molecular weight excluding hydrogens is 460 g/mol. The third-order valence-corrected chi connectivity index (χ3v) is 8.25. The Morgan fingerprint density at radius 2 is 1.00 bits per heavy atom. The van der Waals surface area contributed by atoms with Crippen LogP contribution in [0.3, 0.4) is 0 Å². The molecule has 0 bridgehead atoms. The molecule has 0 aliphatic heterocycles. The fraction of sp³-hybridized carbons (Fsp3) is 0.939. The Kier molecular flexibility index (Phi) is 20.0. The number of unbranched alkanes of at least 4 members (excludes halogenated alkanes) is 12. The lowest BCUT2D eigenvalue weighted by molar-refractivity contribution is -0.158. The standard InChI is InChI=1S/C33H62O4/c1-27(2)20-15-11-7-5-6-8-13-17-24-31(25-18-14-10-9-12-16-21-28(3)4)37-33(36)30-23-19-22-29(26-30)32(34)35/h27-31H,5-26H2,1-4H3,(H,34,35). The topological polar surface area (TPSA) is 63.6 Å². The minimum Gasteiger partial charge on any atom is -0.481 e. The van der Waals surface area contributed by atoms with Crippen LogP contribution in [0.2, 0.25) is 0 Å². The summed E-state index contributed by atoms with van der Waals surface area (Å²) in [5, 5.41) is 9.38. The fourth-order valence-electron chi connectivity index (χ4n) is 5.77. The van der Waals surface area contributed by atoms with Crippen molar-refractivity contribution in [2.75, 3.05) is 0 Å². The molecule has 1 fully saturated rings. The molecule has 3 unspecified atom stereocenters. The molecule has 0 amide bonds. The maximum atomic E-state index is 12.9. The summed E-state index contributed by atoms with van der Waals surface area (Å²) >= 11 is 0. The second-order valence-electron chi connectivity index (χ2n) is 12.8. The number of hydrogen-bond donors (Lipinski definition) is 1. The summed E-state index contributed by atoms with van der Waals surface area (Å²) in [5.41, 5.74) is 0. The zero-order valence-electron chi connectivity index (χ0n) is 25.1. The summed E-state index contributed by atoms with van der Waals surface area (Å²) in [5.74, 6) is 0.127.